The Kier molecular flexibility index (Phi) is 5.61. The van der Waals surface area contributed by atoms with E-state index in [1.807, 2.05) is 0 Å². The normalized spacial score (nSPS) is 17.1. The first-order chi connectivity index (χ1) is 12.7. The SMILES string of the molecule is O=S(=O)(Cc1ccc(F)cc1)N1CCN(S(=O)(=O)c2cccc(F)c2)CC1. The van der Waals surface area contributed by atoms with Crippen LogP contribution in [0.5, 0.6) is 0 Å². The third kappa shape index (κ3) is 4.52. The lowest BCUT2D eigenvalue weighted by molar-refractivity contribution is 0.272. The zero-order valence-corrected chi connectivity index (χ0v) is 15.9. The van der Waals surface area contributed by atoms with Gasteiger partial charge >= 0.3 is 0 Å². The number of hydrogen-bond acceptors (Lipinski definition) is 4. The van der Waals surface area contributed by atoms with Crippen molar-refractivity contribution in [2.45, 2.75) is 10.6 Å². The second kappa shape index (κ2) is 7.63. The largest absolute Gasteiger partial charge is 0.243 e. The molecule has 2 aromatic carbocycles. The van der Waals surface area contributed by atoms with E-state index >= 15 is 0 Å². The van der Waals surface area contributed by atoms with Crippen molar-refractivity contribution in [3.8, 4) is 0 Å². The topological polar surface area (TPSA) is 74.8 Å². The minimum absolute atomic E-state index is 0.00191. The smallest absolute Gasteiger partial charge is 0.212 e. The molecule has 1 aliphatic rings. The van der Waals surface area contributed by atoms with Crippen LogP contribution in [0.2, 0.25) is 0 Å². The molecule has 1 aliphatic heterocycles. The molecule has 0 atom stereocenters. The maximum Gasteiger partial charge on any atom is 0.243 e. The molecule has 27 heavy (non-hydrogen) atoms. The monoisotopic (exact) mass is 416 g/mol. The van der Waals surface area contributed by atoms with Gasteiger partial charge in [-0.1, -0.05) is 18.2 Å². The predicted octanol–water partition coefficient (Wildman–Crippen LogP) is 1.80. The van der Waals surface area contributed by atoms with Crippen LogP contribution in [0, 0.1) is 11.6 Å². The van der Waals surface area contributed by atoms with Crippen molar-refractivity contribution in [2.24, 2.45) is 0 Å². The van der Waals surface area contributed by atoms with Crippen LogP contribution in [0.4, 0.5) is 8.78 Å². The Balaban J connectivity index is 1.68. The highest BCUT2D eigenvalue weighted by Crippen LogP contribution is 2.20. The van der Waals surface area contributed by atoms with Crippen LogP contribution in [0.25, 0.3) is 0 Å². The molecule has 10 heteroatoms. The molecule has 0 saturated carbocycles. The first-order valence-corrected chi connectivity index (χ1v) is 11.2. The van der Waals surface area contributed by atoms with Gasteiger partial charge in [0.1, 0.15) is 11.6 Å². The van der Waals surface area contributed by atoms with Gasteiger partial charge < -0.3 is 0 Å². The lowest BCUT2D eigenvalue weighted by Gasteiger charge is -2.33. The van der Waals surface area contributed by atoms with Gasteiger partial charge in [0.25, 0.3) is 0 Å². The first kappa shape index (κ1) is 19.9. The maximum atomic E-state index is 13.3. The van der Waals surface area contributed by atoms with Gasteiger partial charge in [-0.25, -0.2) is 25.6 Å². The minimum atomic E-state index is -3.89. The molecule has 0 aliphatic carbocycles. The van der Waals surface area contributed by atoms with Gasteiger partial charge in [0.15, 0.2) is 0 Å². The van der Waals surface area contributed by atoms with Crippen LogP contribution in [0.1, 0.15) is 5.56 Å². The van der Waals surface area contributed by atoms with Gasteiger partial charge in [-0.2, -0.15) is 8.61 Å². The lowest BCUT2D eigenvalue weighted by Crippen LogP contribution is -2.50. The molecule has 3 rings (SSSR count). The number of piperazine rings is 1. The number of rotatable bonds is 5. The number of hydrogen-bond donors (Lipinski definition) is 0. The van der Waals surface area contributed by atoms with Crippen LogP contribution in [0.15, 0.2) is 53.4 Å². The molecule has 1 heterocycles. The predicted molar refractivity (Wildman–Crippen MR) is 95.8 cm³/mol. The maximum absolute atomic E-state index is 13.3. The van der Waals surface area contributed by atoms with E-state index in [9.17, 15) is 25.6 Å². The Bertz CT molecular complexity index is 1020. The molecule has 1 saturated heterocycles. The van der Waals surface area contributed by atoms with Crippen molar-refractivity contribution in [3.63, 3.8) is 0 Å². The molecule has 0 amide bonds. The van der Waals surface area contributed by atoms with Crippen LogP contribution < -0.4 is 0 Å². The van der Waals surface area contributed by atoms with Crippen LogP contribution in [-0.2, 0) is 25.8 Å². The Hall–Kier alpha value is -1.88. The van der Waals surface area contributed by atoms with Crippen molar-refractivity contribution in [1.82, 2.24) is 8.61 Å². The molecule has 0 aromatic heterocycles. The molecular weight excluding hydrogens is 398 g/mol. The molecule has 0 N–H and O–H groups in total. The van der Waals surface area contributed by atoms with E-state index in [1.54, 1.807) is 0 Å². The van der Waals surface area contributed by atoms with E-state index < -0.39 is 31.7 Å². The van der Waals surface area contributed by atoms with E-state index in [1.165, 1.54) is 40.7 Å². The van der Waals surface area contributed by atoms with E-state index in [4.69, 9.17) is 0 Å². The number of nitrogens with zero attached hydrogens (tertiary/aromatic N) is 2. The zero-order chi connectivity index (χ0) is 19.7. The summed E-state index contributed by atoms with van der Waals surface area (Å²) in [4.78, 5) is -0.162. The van der Waals surface area contributed by atoms with Gasteiger partial charge in [-0.3, -0.25) is 0 Å². The molecular formula is C17H18F2N2O4S2. The van der Waals surface area contributed by atoms with E-state index in [0.29, 0.717) is 5.56 Å². The molecule has 0 bridgehead atoms. The lowest BCUT2D eigenvalue weighted by atomic mass is 10.2. The highest BCUT2D eigenvalue weighted by molar-refractivity contribution is 7.89. The van der Waals surface area contributed by atoms with Crippen molar-refractivity contribution in [2.75, 3.05) is 26.2 Å². The van der Waals surface area contributed by atoms with Crippen LogP contribution >= 0.6 is 0 Å². The molecule has 6 nitrogen and oxygen atoms in total. The second-order valence-corrected chi connectivity index (χ2v) is 10.1. The van der Waals surface area contributed by atoms with Crippen molar-refractivity contribution >= 4 is 20.0 Å². The third-order valence-electron chi connectivity index (χ3n) is 4.29. The quantitative estimate of drug-likeness (QED) is 0.745. The minimum Gasteiger partial charge on any atom is -0.212 e. The fourth-order valence-electron chi connectivity index (χ4n) is 2.85. The van der Waals surface area contributed by atoms with Gasteiger partial charge in [0.2, 0.25) is 20.0 Å². The second-order valence-electron chi connectivity index (χ2n) is 6.14. The highest BCUT2D eigenvalue weighted by Gasteiger charge is 2.33. The summed E-state index contributed by atoms with van der Waals surface area (Å²) in [6, 6.07) is 9.88. The number of benzene rings is 2. The van der Waals surface area contributed by atoms with Crippen LogP contribution in [0.3, 0.4) is 0 Å². The zero-order valence-electron chi connectivity index (χ0n) is 14.3. The highest BCUT2D eigenvalue weighted by atomic mass is 32.2. The van der Waals surface area contributed by atoms with Gasteiger partial charge in [-0.15, -0.1) is 0 Å². The van der Waals surface area contributed by atoms with Crippen molar-refractivity contribution in [1.29, 1.82) is 0 Å². The fourth-order valence-corrected chi connectivity index (χ4v) is 5.82. The Morgan fingerprint density at radius 1 is 0.778 bits per heavy atom. The van der Waals surface area contributed by atoms with E-state index in [0.717, 1.165) is 16.4 Å². The van der Waals surface area contributed by atoms with E-state index in [2.05, 4.69) is 0 Å². The Morgan fingerprint density at radius 3 is 1.96 bits per heavy atom. The molecule has 1 fully saturated rings. The van der Waals surface area contributed by atoms with Crippen molar-refractivity contribution in [3.05, 3.63) is 65.7 Å². The molecule has 146 valence electrons. The summed E-state index contributed by atoms with van der Waals surface area (Å²) in [6.07, 6.45) is 0. The summed E-state index contributed by atoms with van der Waals surface area (Å²) < 4.78 is 78.8. The number of halogens is 2. The Labute approximate surface area is 157 Å². The molecule has 0 unspecified atom stereocenters. The first-order valence-electron chi connectivity index (χ1n) is 8.16. The van der Waals surface area contributed by atoms with Crippen molar-refractivity contribution < 1.29 is 25.6 Å². The average molecular weight is 416 g/mol. The average Bonchev–Trinajstić information content (AvgIpc) is 2.63. The number of sulfonamides is 2. The van der Waals surface area contributed by atoms with Gasteiger partial charge in [0.05, 0.1) is 10.6 Å². The van der Waals surface area contributed by atoms with Gasteiger partial charge in [0, 0.05) is 26.2 Å². The van der Waals surface area contributed by atoms with E-state index in [-0.39, 0.29) is 36.8 Å². The summed E-state index contributed by atoms with van der Waals surface area (Å²) in [5, 5.41) is 0. The summed E-state index contributed by atoms with van der Waals surface area (Å²) in [7, 11) is -7.55. The summed E-state index contributed by atoms with van der Waals surface area (Å²) in [5.41, 5.74) is 0.450. The summed E-state index contributed by atoms with van der Waals surface area (Å²) >= 11 is 0. The van der Waals surface area contributed by atoms with Gasteiger partial charge in [-0.05, 0) is 35.9 Å². The molecule has 0 spiro atoms. The molecule has 2 aromatic rings. The standard InChI is InChI=1S/C17H18F2N2O4S2/c18-15-6-4-14(5-7-15)13-26(22,23)20-8-10-21(11-9-20)27(24,25)17-3-1-2-16(19)12-17/h1-7,12H,8-11,13H2. The fraction of sp³-hybridized carbons (Fsp3) is 0.294. The third-order valence-corrected chi connectivity index (χ3v) is 8.03. The van der Waals surface area contributed by atoms with Crippen LogP contribution in [-0.4, -0.2) is 51.6 Å². The summed E-state index contributed by atoms with van der Waals surface area (Å²) in [5.74, 6) is -1.40. The Morgan fingerprint density at radius 2 is 1.37 bits per heavy atom. The summed E-state index contributed by atoms with van der Waals surface area (Å²) in [6.45, 7) is -0.0564. The molecule has 0 radical (unpaired) electrons.